The monoisotopic (exact) mass is 525 g/mol. The van der Waals surface area contributed by atoms with Crippen molar-refractivity contribution in [3.05, 3.63) is 99.2 Å². The molecule has 4 rings (SSSR count). The van der Waals surface area contributed by atoms with Gasteiger partial charge in [-0.15, -0.1) is 11.3 Å². The van der Waals surface area contributed by atoms with Crippen molar-refractivity contribution in [2.24, 2.45) is 0 Å². The van der Waals surface area contributed by atoms with Crippen LogP contribution in [0.1, 0.15) is 28.8 Å². The Morgan fingerprint density at radius 3 is 2.67 bits per heavy atom. The van der Waals surface area contributed by atoms with Crippen LogP contribution in [0.5, 0.6) is 0 Å². The summed E-state index contributed by atoms with van der Waals surface area (Å²) in [6.07, 6.45) is 3.50. The van der Waals surface area contributed by atoms with Gasteiger partial charge in [0.25, 0.3) is 5.82 Å². The normalized spacial score (nSPS) is 12.0. The van der Waals surface area contributed by atoms with Crippen molar-refractivity contribution < 1.29 is 19.2 Å². The smallest absolute Gasteiger partial charge is 0.340 e. The van der Waals surface area contributed by atoms with Crippen molar-refractivity contribution in [1.82, 2.24) is 4.57 Å². The number of imidazole rings is 1. The molecule has 0 spiro atoms. The molecule has 1 N–H and O–H groups in total. The maximum Gasteiger partial charge on any atom is 0.340 e. The lowest BCUT2D eigenvalue weighted by atomic mass is 10.0. The Morgan fingerprint density at radius 2 is 1.91 bits per heavy atom. The summed E-state index contributed by atoms with van der Waals surface area (Å²) in [6, 6.07) is 20.0. The fourth-order valence-electron chi connectivity index (χ4n) is 3.71. The number of rotatable bonds is 9. The van der Waals surface area contributed by atoms with Gasteiger partial charge in [-0.1, -0.05) is 58.4 Å². The van der Waals surface area contributed by atoms with Gasteiger partial charge in [0.1, 0.15) is 18.9 Å². The number of aromatic nitrogens is 2. The van der Waals surface area contributed by atoms with Gasteiger partial charge in [-0.3, -0.25) is 0 Å². The summed E-state index contributed by atoms with van der Waals surface area (Å²) < 4.78 is 10.8. The third kappa shape index (κ3) is 5.79. The Bertz CT molecular complexity index is 1200. The number of hydrogen-bond donors (Lipinski definition) is 1. The molecule has 5 nitrogen and oxygen atoms in total. The summed E-state index contributed by atoms with van der Waals surface area (Å²) in [5.41, 5.74) is 3.07. The summed E-state index contributed by atoms with van der Waals surface area (Å²) >= 11 is 4.83. The second-order valence-corrected chi connectivity index (χ2v) is 9.64. The molecule has 0 bridgehead atoms. The molecule has 2 aromatic carbocycles. The van der Waals surface area contributed by atoms with Crippen molar-refractivity contribution in [3.8, 4) is 11.1 Å². The van der Waals surface area contributed by atoms with E-state index in [2.05, 4.69) is 50.3 Å². The largest absolute Gasteiger partial charge is 0.463 e. The minimum absolute atomic E-state index is 0.256. The molecular formula is C26H26BrN2O3S+. The summed E-state index contributed by atoms with van der Waals surface area (Å²) in [7, 11) is 0. The first-order valence-corrected chi connectivity index (χ1v) is 12.5. The van der Waals surface area contributed by atoms with E-state index in [1.807, 2.05) is 60.1 Å². The lowest BCUT2D eigenvalue weighted by Crippen LogP contribution is -2.36. The molecule has 7 heteroatoms. The molecule has 0 amide bonds. The number of carbonyl (C=O) groups is 1. The highest BCUT2D eigenvalue weighted by Gasteiger charge is 2.24. The summed E-state index contributed by atoms with van der Waals surface area (Å²) in [5.74, 6) is 0.527. The lowest BCUT2D eigenvalue weighted by Gasteiger charge is -2.11. The molecule has 0 fully saturated rings. The number of hydrogen-bond acceptors (Lipinski definition) is 4. The van der Waals surface area contributed by atoms with Gasteiger partial charge < -0.3 is 9.84 Å². The minimum Gasteiger partial charge on any atom is -0.463 e. The van der Waals surface area contributed by atoms with Gasteiger partial charge in [-0.2, -0.15) is 0 Å². The number of halogens is 1. The first-order chi connectivity index (χ1) is 16.0. The van der Waals surface area contributed by atoms with Crippen molar-refractivity contribution in [3.63, 3.8) is 0 Å². The fourth-order valence-corrected chi connectivity index (χ4v) is 4.87. The van der Waals surface area contributed by atoms with E-state index in [1.165, 1.54) is 16.9 Å². The maximum atomic E-state index is 12.5. The number of esters is 1. The molecule has 0 aliphatic carbocycles. The third-order valence-electron chi connectivity index (χ3n) is 5.56. The highest BCUT2D eigenvalue weighted by Crippen LogP contribution is 2.33. The Balaban J connectivity index is 1.28. The molecule has 2 aromatic heterocycles. The van der Waals surface area contributed by atoms with Gasteiger partial charge in [0.05, 0.1) is 18.0 Å². The van der Waals surface area contributed by atoms with Crippen LogP contribution >= 0.6 is 27.3 Å². The van der Waals surface area contributed by atoms with Gasteiger partial charge >= 0.3 is 5.97 Å². The quantitative estimate of drug-likeness (QED) is 0.183. The fraction of sp³-hybridized carbons (Fsp3) is 0.231. The van der Waals surface area contributed by atoms with E-state index in [0.29, 0.717) is 11.3 Å². The van der Waals surface area contributed by atoms with Crippen LogP contribution < -0.4 is 4.57 Å². The molecule has 2 heterocycles. The van der Waals surface area contributed by atoms with Crippen molar-refractivity contribution >= 4 is 33.2 Å². The number of carbonyl (C=O) groups excluding carboxylic acids is 1. The van der Waals surface area contributed by atoms with E-state index >= 15 is 0 Å². The number of aliphatic hydroxyl groups is 1. The Hall–Kier alpha value is -2.74. The molecule has 33 heavy (non-hydrogen) atoms. The molecule has 0 aliphatic rings. The molecule has 4 aromatic rings. The number of benzene rings is 2. The van der Waals surface area contributed by atoms with Gasteiger partial charge in [0.2, 0.25) is 0 Å². The zero-order valence-electron chi connectivity index (χ0n) is 18.4. The number of thiophene rings is 1. The third-order valence-corrected chi connectivity index (χ3v) is 7.06. The molecule has 1 unspecified atom stereocenters. The van der Waals surface area contributed by atoms with E-state index in [4.69, 9.17) is 4.74 Å². The minimum atomic E-state index is -1.28. The molecule has 1 atom stereocenters. The van der Waals surface area contributed by atoms with Crippen LogP contribution in [0.15, 0.2) is 82.9 Å². The Labute approximate surface area is 206 Å². The van der Waals surface area contributed by atoms with Crippen molar-refractivity contribution in [1.29, 1.82) is 0 Å². The second-order valence-electron chi connectivity index (χ2n) is 7.78. The number of nitrogens with zero attached hydrogens (tertiary/aromatic N) is 2. The number of aryl methyl sites for hydroxylation is 1. The van der Waals surface area contributed by atoms with Crippen LogP contribution in [0.25, 0.3) is 11.1 Å². The molecule has 170 valence electrons. The van der Waals surface area contributed by atoms with Gasteiger partial charge in [-0.05, 0) is 40.3 Å². The second kappa shape index (κ2) is 10.9. The average Bonchev–Trinajstić information content (AvgIpc) is 3.46. The highest BCUT2D eigenvalue weighted by atomic mass is 79.9. The lowest BCUT2D eigenvalue weighted by molar-refractivity contribution is -0.694. The van der Waals surface area contributed by atoms with Crippen LogP contribution in [0.3, 0.4) is 0 Å². The topological polar surface area (TPSA) is 55.3 Å². The number of aliphatic hydroxyl groups excluding tert-OH is 1. The predicted molar refractivity (Wildman–Crippen MR) is 133 cm³/mol. The van der Waals surface area contributed by atoms with Gasteiger partial charge in [0, 0.05) is 17.8 Å². The standard InChI is InChI=1S/C26H26BrN2O3S/c1-19-28(14-15-29(19)18-20-8-10-22(27)11-9-20)13-5-16-32-26(31)24(30)25-23(12-17-33-25)21-6-3-2-4-7-21/h2-4,6-12,14-15,17,24,30H,5,13,16,18H2,1H3/q+1. The SMILES string of the molecule is Cc1n(CCCOC(=O)C(O)c2sccc2-c2ccccc2)cc[n+]1Cc1ccc(Br)cc1. The highest BCUT2D eigenvalue weighted by molar-refractivity contribution is 9.10. The summed E-state index contributed by atoms with van der Waals surface area (Å²) in [4.78, 5) is 13.1. The van der Waals surface area contributed by atoms with Crippen LogP contribution in [-0.4, -0.2) is 22.2 Å². The Morgan fingerprint density at radius 1 is 1.15 bits per heavy atom. The average molecular weight is 526 g/mol. The van der Waals surface area contributed by atoms with Crippen LogP contribution in [-0.2, 0) is 22.6 Å². The van der Waals surface area contributed by atoms with E-state index in [-0.39, 0.29) is 6.61 Å². The van der Waals surface area contributed by atoms with E-state index in [9.17, 15) is 9.90 Å². The van der Waals surface area contributed by atoms with Crippen molar-refractivity contribution in [2.75, 3.05) is 6.61 Å². The maximum absolute atomic E-state index is 12.5. The van der Waals surface area contributed by atoms with Crippen LogP contribution in [0.4, 0.5) is 0 Å². The van der Waals surface area contributed by atoms with Gasteiger partial charge in [0.15, 0.2) is 6.10 Å². The van der Waals surface area contributed by atoms with Crippen LogP contribution in [0.2, 0.25) is 0 Å². The molecule has 0 aliphatic heterocycles. The molecule has 0 saturated carbocycles. The van der Waals surface area contributed by atoms with Gasteiger partial charge in [-0.25, -0.2) is 13.9 Å². The van der Waals surface area contributed by atoms with E-state index < -0.39 is 12.1 Å². The summed E-state index contributed by atoms with van der Waals surface area (Å²) in [5, 5.41) is 12.4. The van der Waals surface area contributed by atoms with E-state index in [0.717, 1.165) is 34.5 Å². The molecular weight excluding hydrogens is 500 g/mol. The number of ether oxygens (including phenoxy) is 1. The summed E-state index contributed by atoms with van der Waals surface area (Å²) in [6.45, 7) is 3.87. The van der Waals surface area contributed by atoms with E-state index in [1.54, 1.807) is 0 Å². The first kappa shape index (κ1) is 23.4. The van der Waals surface area contributed by atoms with Crippen molar-refractivity contribution in [2.45, 2.75) is 32.5 Å². The first-order valence-electron chi connectivity index (χ1n) is 10.8. The van der Waals surface area contributed by atoms with Crippen LogP contribution in [0, 0.1) is 6.92 Å². The Kier molecular flexibility index (Phi) is 7.75. The molecule has 0 saturated heterocycles. The zero-order valence-corrected chi connectivity index (χ0v) is 20.8. The molecule has 0 radical (unpaired) electrons. The predicted octanol–water partition coefficient (Wildman–Crippen LogP) is 5.29. The zero-order chi connectivity index (χ0) is 23.2.